The van der Waals surface area contributed by atoms with Gasteiger partial charge < -0.3 is 5.32 Å². The van der Waals surface area contributed by atoms with Gasteiger partial charge >= 0.3 is 0 Å². The summed E-state index contributed by atoms with van der Waals surface area (Å²) < 4.78 is 1.78. The van der Waals surface area contributed by atoms with E-state index in [1.165, 1.54) is 30.4 Å². The van der Waals surface area contributed by atoms with Crippen LogP contribution in [0.4, 0.5) is 5.82 Å². The number of benzene rings is 1. The maximum Gasteiger partial charge on any atom is 0.144 e. The molecule has 3 rings (SSSR count). The SMILES string of the molecule is Cn1nncc1NC1CCCc2ccccc21. The minimum atomic E-state index is 0.386. The van der Waals surface area contributed by atoms with Gasteiger partial charge in [-0.3, -0.25) is 0 Å². The Labute approximate surface area is 101 Å². The first-order valence-corrected chi connectivity index (χ1v) is 6.03. The minimum Gasteiger partial charge on any atom is -0.362 e. The van der Waals surface area contributed by atoms with Gasteiger partial charge in [0.15, 0.2) is 0 Å². The summed E-state index contributed by atoms with van der Waals surface area (Å²) in [6.07, 6.45) is 5.37. The second kappa shape index (κ2) is 4.20. The molecule has 0 bridgehead atoms. The molecule has 0 amide bonds. The van der Waals surface area contributed by atoms with Crippen molar-refractivity contribution in [3.8, 4) is 0 Å². The highest BCUT2D eigenvalue weighted by Crippen LogP contribution is 2.31. The van der Waals surface area contributed by atoms with E-state index in [-0.39, 0.29) is 0 Å². The highest BCUT2D eigenvalue weighted by atomic mass is 15.4. The summed E-state index contributed by atoms with van der Waals surface area (Å²) in [5, 5.41) is 11.4. The van der Waals surface area contributed by atoms with Crippen molar-refractivity contribution in [3.05, 3.63) is 41.6 Å². The number of nitrogens with one attached hydrogen (secondary N) is 1. The van der Waals surface area contributed by atoms with Gasteiger partial charge in [0, 0.05) is 7.05 Å². The third kappa shape index (κ3) is 1.90. The molecule has 0 saturated carbocycles. The Balaban J connectivity index is 1.88. The molecule has 0 spiro atoms. The standard InChI is InChI=1S/C13H16N4/c1-17-13(9-14-16-17)15-12-8-4-6-10-5-2-3-7-11(10)12/h2-3,5,7,9,12,15H,4,6,8H2,1H3. The summed E-state index contributed by atoms with van der Waals surface area (Å²) in [4.78, 5) is 0. The van der Waals surface area contributed by atoms with Crippen LogP contribution in [0.5, 0.6) is 0 Å². The van der Waals surface area contributed by atoms with Crippen LogP contribution < -0.4 is 5.32 Å². The first-order valence-electron chi connectivity index (χ1n) is 6.03. The quantitative estimate of drug-likeness (QED) is 0.857. The van der Waals surface area contributed by atoms with Crippen LogP contribution >= 0.6 is 0 Å². The zero-order valence-electron chi connectivity index (χ0n) is 9.93. The summed E-state index contributed by atoms with van der Waals surface area (Å²) in [5.74, 6) is 0.978. The summed E-state index contributed by atoms with van der Waals surface area (Å²) in [5.41, 5.74) is 2.88. The van der Waals surface area contributed by atoms with Crippen LogP contribution in [0.2, 0.25) is 0 Å². The number of anilines is 1. The zero-order chi connectivity index (χ0) is 11.7. The Bertz CT molecular complexity index is 518. The van der Waals surface area contributed by atoms with Crippen molar-refractivity contribution < 1.29 is 0 Å². The molecule has 1 unspecified atom stereocenters. The van der Waals surface area contributed by atoms with Crippen LogP contribution in [-0.4, -0.2) is 15.0 Å². The molecule has 17 heavy (non-hydrogen) atoms. The summed E-state index contributed by atoms with van der Waals surface area (Å²) in [7, 11) is 1.91. The van der Waals surface area contributed by atoms with Crippen molar-refractivity contribution in [3.63, 3.8) is 0 Å². The maximum absolute atomic E-state index is 3.94. The minimum absolute atomic E-state index is 0.386. The molecule has 4 nitrogen and oxygen atoms in total. The second-order valence-electron chi connectivity index (χ2n) is 4.53. The Morgan fingerprint density at radius 2 is 2.24 bits per heavy atom. The van der Waals surface area contributed by atoms with Gasteiger partial charge in [-0.1, -0.05) is 29.5 Å². The fraction of sp³-hybridized carbons (Fsp3) is 0.385. The smallest absolute Gasteiger partial charge is 0.144 e. The lowest BCUT2D eigenvalue weighted by Gasteiger charge is -2.26. The van der Waals surface area contributed by atoms with Crippen molar-refractivity contribution in [2.24, 2.45) is 7.05 Å². The van der Waals surface area contributed by atoms with Gasteiger partial charge in [0.05, 0.1) is 12.2 Å². The Morgan fingerprint density at radius 3 is 3.06 bits per heavy atom. The normalized spacial score (nSPS) is 18.8. The van der Waals surface area contributed by atoms with Crippen LogP contribution in [0.25, 0.3) is 0 Å². The average Bonchev–Trinajstić information content (AvgIpc) is 2.76. The fourth-order valence-corrected chi connectivity index (χ4v) is 2.50. The van der Waals surface area contributed by atoms with Gasteiger partial charge in [-0.05, 0) is 30.4 Å². The van der Waals surface area contributed by atoms with Gasteiger partial charge in [0.2, 0.25) is 0 Å². The molecule has 4 heteroatoms. The van der Waals surface area contributed by atoms with E-state index in [0.29, 0.717) is 6.04 Å². The van der Waals surface area contributed by atoms with Crippen LogP contribution in [0.1, 0.15) is 30.0 Å². The zero-order valence-corrected chi connectivity index (χ0v) is 9.93. The van der Waals surface area contributed by atoms with E-state index in [4.69, 9.17) is 0 Å². The lowest BCUT2D eigenvalue weighted by atomic mass is 9.88. The predicted octanol–water partition coefficient (Wildman–Crippen LogP) is 2.30. The van der Waals surface area contributed by atoms with Crippen LogP contribution in [0, 0.1) is 0 Å². The molecule has 0 saturated heterocycles. The number of hydrogen-bond donors (Lipinski definition) is 1. The molecule has 1 heterocycles. The summed E-state index contributed by atoms with van der Waals surface area (Å²) in [6, 6.07) is 9.06. The van der Waals surface area contributed by atoms with Gasteiger partial charge in [0.1, 0.15) is 5.82 Å². The van der Waals surface area contributed by atoms with Crippen molar-refractivity contribution in [1.29, 1.82) is 0 Å². The van der Waals surface area contributed by atoms with Crippen molar-refractivity contribution >= 4 is 5.82 Å². The number of hydrogen-bond acceptors (Lipinski definition) is 3. The highest BCUT2D eigenvalue weighted by molar-refractivity contribution is 5.40. The first kappa shape index (κ1) is 10.3. The third-order valence-corrected chi connectivity index (χ3v) is 3.41. The number of fused-ring (bicyclic) bond motifs is 1. The van der Waals surface area contributed by atoms with E-state index in [9.17, 15) is 0 Å². The number of aryl methyl sites for hydroxylation is 2. The van der Waals surface area contributed by atoms with Crippen molar-refractivity contribution in [2.45, 2.75) is 25.3 Å². The fourth-order valence-electron chi connectivity index (χ4n) is 2.50. The molecule has 1 aromatic carbocycles. The van der Waals surface area contributed by atoms with E-state index < -0.39 is 0 Å². The second-order valence-corrected chi connectivity index (χ2v) is 4.53. The van der Waals surface area contributed by atoms with Gasteiger partial charge in [0.25, 0.3) is 0 Å². The third-order valence-electron chi connectivity index (χ3n) is 3.41. The van der Waals surface area contributed by atoms with Gasteiger partial charge in [-0.15, -0.1) is 5.10 Å². The highest BCUT2D eigenvalue weighted by Gasteiger charge is 2.20. The average molecular weight is 228 g/mol. The van der Waals surface area contributed by atoms with Gasteiger partial charge in [-0.2, -0.15) is 0 Å². The molecule has 1 aliphatic rings. The molecule has 1 aliphatic carbocycles. The van der Waals surface area contributed by atoms with E-state index in [1.807, 2.05) is 7.05 Å². The number of rotatable bonds is 2. The largest absolute Gasteiger partial charge is 0.362 e. The molecule has 0 radical (unpaired) electrons. The lowest BCUT2D eigenvalue weighted by molar-refractivity contribution is 0.592. The molecule has 0 aliphatic heterocycles. The lowest BCUT2D eigenvalue weighted by Crippen LogP contribution is -2.18. The number of nitrogens with zero attached hydrogens (tertiary/aromatic N) is 3. The molecule has 1 N–H and O–H groups in total. The molecule has 88 valence electrons. The predicted molar refractivity (Wildman–Crippen MR) is 66.7 cm³/mol. The van der Waals surface area contributed by atoms with Crippen LogP contribution in [-0.2, 0) is 13.5 Å². The topological polar surface area (TPSA) is 42.7 Å². The van der Waals surface area contributed by atoms with E-state index >= 15 is 0 Å². The summed E-state index contributed by atoms with van der Waals surface area (Å²) >= 11 is 0. The molecular weight excluding hydrogens is 212 g/mol. The number of aromatic nitrogens is 3. The van der Waals surface area contributed by atoms with Crippen molar-refractivity contribution in [2.75, 3.05) is 5.32 Å². The molecule has 0 fully saturated rings. The Hall–Kier alpha value is -1.84. The van der Waals surface area contributed by atoms with Crippen LogP contribution in [0.3, 0.4) is 0 Å². The Morgan fingerprint density at radius 1 is 1.35 bits per heavy atom. The molecule has 1 aromatic heterocycles. The van der Waals surface area contributed by atoms with E-state index in [1.54, 1.807) is 10.9 Å². The van der Waals surface area contributed by atoms with Crippen LogP contribution in [0.15, 0.2) is 30.5 Å². The molecular formula is C13H16N4. The van der Waals surface area contributed by atoms with Gasteiger partial charge in [-0.25, -0.2) is 4.68 Å². The maximum atomic E-state index is 3.94. The molecule has 1 atom stereocenters. The van der Waals surface area contributed by atoms with E-state index in [0.717, 1.165) is 5.82 Å². The monoisotopic (exact) mass is 228 g/mol. The van der Waals surface area contributed by atoms with Crippen molar-refractivity contribution in [1.82, 2.24) is 15.0 Å². The molecule has 2 aromatic rings. The van der Waals surface area contributed by atoms with E-state index in [2.05, 4.69) is 39.9 Å². The Kier molecular flexibility index (Phi) is 2.55. The first-order chi connectivity index (χ1) is 8.34. The summed E-state index contributed by atoms with van der Waals surface area (Å²) in [6.45, 7) is 0.